The van der Waals surface area contributed by atoms with Crippen LogP contribution in [0.3, 0.4) is 0 Å². The van der Waals surface area contributed by atoms with Crippen molar-refractivity contribution in [2.75, 3.05) is 19.6 Å². The first kappa shape index (κ1) is 22.2. The summed E-state index contributed by atoms with van der Waals surface area (Å²) in [7, 11) is 0. The number of rotatable bonds is 7. The van der Waals surface area contributed by atoms with E-state index in [2.05, 4.69) is 4.90 Å². The van der Waals surface area contributed by atoms with Gasteiger partial charge in [0.2, 0.25) is 0 Å². The van der Waals surface area contributed by atoms with Gasteiger partial charge in [-0.15, -0.1) is 0 Å². The zero-order chi connectivity index (χ0) is 23.7. The molecule has 0 aliphatic carbocycles. The van der Waals surface area contributed by atoms with Crippen LogP contribution in [-0.4, -0.2) is 46.2 Å². The van der Waals surface area contributed by atoms with Gasteiger partial charge in [-0.05, 0) is 61.9 Å². The second-order valence-electron chi connectivity index (χ2n) is 9.07. The molecule has 3 aromatic carbocycles. The van der Waals surface area contributed by atoms with Crippen LogP contribution in [0.15, 0.2) is 60.7 Å². The maximum Gasteiger partial charge on any atom is 0.269 e. The van der Waals surface area contributed by atoms with Crippen LogP contribution < -0.4 is 0 Å². The number of nitro benzene ring substituents is 1. The predicted octanol–water partition coefficient (Wildman–Crippen LogP) is 5.35. The number of benzene rings is 3. The van der Waals surface area contributed by atoms with E-state index in [0.717, 1.165) is 61.5 Å². The quantitative estimate of drug-likeness (QED) is 0.207. The first-order chi connectivity index (χ1) is 16.5. The Balaban J connectivity index is 1.22. The lowest BCUT2D eigenvalue weighted by molar-refractivity contribution is -0.384. The minimum Gasteiger partial charge on any atom is -0.296 e. The molecule has 1 fully saturated rings. The first-order valence-corrected chi connectivity index (χ1v) is 11.9. The Hall–Kier alpha value is -3.58. The molecule has 7 nitrogen and oxygen atoms in total. The number of nitro groups is 1. The molecular weight excluding hydrogens is 430 g/mol. The molecule has 0 radical (unpaired) electrons. The maximum atomic E-state index is 13.1. The fourth-order valence-corrected chi connectivity index (χ4v) is 5.32. The minimum atomic E-state index is -0.371. The summed E-state index contributed by atoms with van der Waals surface area (Å²) in [5.41, 5.74) is 2.42. The smallest absolute Gasteiger partial charge is 0.269 e. The highest BCUT2D eigenvalue weighted by Crippen LogP contribution is 2.33. The molecule has 3 aromatic rings. The van der Waals surface area contributed by atoms with E-state index < -0.39 is 0 Å². The second kappa shape index (κ2) is 9.35. The van der Waals surface area contributed by atoms with Crippen molar-refractivity contribution in [1.29, 1.82) is 0 Å². The van der Waals surface area contributed by atoms with Crippen LogP contribution in [0, 0.1) is 10.1 Å². The molecule has 2 aliphatic rings. The van der Waals surface area contributed by atoms with Crippen LogP contribution in [0.5, 0.6) is 0 Å². The number of amides is 2. The van der Waals surface area contributed by atoms with Gasteiger partial charge in [0.15, 0.2) is 0 Å². The van der Waals surface area contributed by atoms with Crippen LogP contribution in [-0.2, 0) is 0 Å². The molecule has 0 spiro atoms. The number of nitrogens with zero attached hydrogens (tertiary/aromatic N) is 3. The van der Waals surface area contributed by atoms with Crippen LogP contribution >= 0.6 is 0 Å². The standard InChI is InChI=1S/C27H27N3O4/c31-26-22-9-5-7-20-8-6-10-23(25(20)22)27(32)29(26)18-4-3-17-28-16-2-1-11-24(28)19-12-14-21(15-13-19)30(33)34/h5-10,12-15,24H,1-4,11,16-18H2. The summed E-state index contributed by atoms with van der Waals surface area (Å²) in [5, 5.41) is 12.6. The summed E-state index contributed by atoms with van der Waals surface area (Å²) >= 11 is 0. The van der Waals surface area contributed by atoms with E-state index in [1.54, 1.807) is 24.3 Å². The third kappa shape index (κ3) is 4.07. The van der Waals surface area contributed by atoms with Crippen LogP contribution in [0.2, 0.25) is 0 Å². The Bertz CT molecular complexity index is 1200. The maximum absolute atomic E-state index is 13.1. The molecule has 2 heterocycles. The predicted molar refractivity (Wildman–Crippen MR) is 130 cm³/mol. The summed E-state index contributed by atoms with van der Waals surface area (Å²) in [5.74, 6) is -0.424. The Morgan fingerprint density at radius 2 is 1.50 bits per heavy atom. The first-order valence-electron chi connectivity index (χ1n) is 11.9. The average molecular weight is 458 g/mol. The number of hydrogen-bond acceptors (Lipinski definition) is 5. The fraction of sp³-hybridized carbons (Fsp3) is 0.333. The van der Waals surface area contributed by atoms with Gasteiger partial charge in [0.1, 0.15) is 0 Å². The van der Waals surface area contributed by atoms with Crippen molar-refractivity contribution in [2.45, 2.75) is 38.1 Å². The molecule has 34 heavy (non-hydrogen) atoms. The van der Waals surface area contributed by atoms with E-state index >= 15 is 0 Å². The number of carbonyl (C=O) groups is 2. The van der Waals surface area contributed by atoms with Gasteiger partial charge in [0.05, 0.1) is 4.92 Å². The van der Waals surface area contributed by atoms with E-state index in [1.165, 1.54) is 4.90 Å². The van der Waals surface area contributed by atoms with E-state index in [0.29, 0.717) is 17.7 Å². The number of imide groups is 1. The van der Waals surface area contributed by atoms with E-state index in [-0.39, 0.29) is 28.5 Å². The number of likely N-dealkylation sites (tertiary alicyclic amines) is 1. The van der Waals surface area contributed by atoms with Gasteiger partial charge < -0.3 is 0 Å². The summed E-state index contributed by atoms with van der Waals surface area (Å²) in [6.45, 7) is 2.25. The van der Waals surface area contributed by atoms with Crippen molar-refractivity contribution in [3.05, 3.63) is 87.5 Å². The topological polar surface area (TPSA) is 83.8 Å². The number of non-ortho nitro benzene ring substituents is 1. The van der Waals surface area contributed by atoms with Crippen LogP contribution in [0.4, 0.5) is 5.69 Å². The lowest BCUT2D eigenvalue weighted by Crippen LogP contribution is -2.41. The molecule has 1 saturated heterocycles. The Labute approximate surface area is 198 Å². The van der Waals surface area contributed by atoms with Crippen molar-refractivity contribution < 1.29 is 14.5 Å². The molecule has 0 saturated carbocycles. The van der Waals surface area contributed by atoms with E-state index in [4.69, 9.17) is 0 Å². The normalized spacial score (nSPS) is 18.5. The fourth-order valence-electron chi connectivity index (χ4n) is 5.32. The van der Waals surface area contributed by atoms with Gasteiger partial charge >= 0.3 is 0 Å². The van der Waals surface area contributed by atoms with E-state index in [1.807, 2.05) is 36.4 Å². The third-order valence-corrected chi connectivity index (χ3v) is 7.04. The monoisotopic (exact) mass is 457 g/mol. The Morgan fingerprint density at radius 1 is 0.853 bits per heavy atom. The number of hydrogen-bond donors (Lipinski definition) is 0. The Morgan fingerprint density at radius 3 is 2.15 bits per heavy atom. The van der Waals surface area contributed by atoms with Gasteiger partial charge in [0.25, 0.3) is 17.5 Å². The van der Waals surface area contributed by atoms with E-state index in [9.17, 15) is 19.7 Å². The molecule has 0 N–H and O–H groups in total. The molecule has 0 aromatic heterocycles. The van der Waals surface area contributed by atoms with Gasteiger partial charge in [0, 0.05) is 41.2 Å². The lowest BCUT2D eigenvalue weighted by atomic mass is 9.94. The molecule has 2 aliphatic heterocycles. The number of unbranched alkanes of at least 4 members (excludes halogenated alkanes) is 1. The van der Waals surface area contributed by atoms with Gasteiger partial charge in [-0.25, -0.2) is 0 Å². The van der Waals surface area contributed by atoms with Gasteiger partial charge in [-0.1, -0.05) is 42.8 Å². The molecule has 7 heteroatoms. The Kier molecular flexibility index (Phi) is 6.11. The van der Waals surface area contributed by atoms with Gasteiger partial charge in [-0.3, -0.25) is 29.5 Å². The highest BCUT2D eigenvalue weighted by Gasteiger charge is 2.32. The largest absolute Gasteiger partial charge is 0.296 e. The summed E-state index contributed by atoms with van der Waals surface area (Å²) < 4.78 is 0. The highest BCUT2D eigenvalue weighted by molar-refractivity contribution is 6.25. The van der Waals surface area contributed by atoms with Crippen molar-refractivity contribution in [1.82, 2.24) is 9.80 Å². The van der Waals surface area contributed by atoms with Crippen molar-refractivity contribution in [2.24, 2.45) is 0 Å². The zero-order valence-corrected chi connectivity index (χ0v) is 19.0. The zero-order valence-electron chi connectivity index (χ0n) is 19.0. The number of piperidine rings is 1. The average Bonchev–Trinajstić information content (AvgIpc) is 2.87. The highest BCUT2D eigenvalue weighted by atomic mass is 16.6. The third-order valence-electron chi connectivity index (χ3n) is 7.04. The SMILES string of the molecule is O=C1c2cccc3cccc(c23)C(=O)N1CCCCN1CCCCC1c1ccc([N+](=O)[O-])cc1. The van der Waals surface area contributed by atoms with Crippen molar-refractivity contribution in [3.63, 3.8) is 0 Å². The summed E-state index contributed by atoms with van der Waals surface area (Å²) in [4.78, 5) is 40.6. The van der Waals surface area contributed by atoms with Crippen LogP contribution in [0.25, 0.3) is 10.8 Å². The molecule has 0 bridgehead atoms. The molecule has 5 rings (SSSR count). The summed E-state index contributed by atoms with van der Waals surface area (Å²) in [6, 6.07) is 18.3. The lowest BCUT2D eigenvalue weighted by Gasteiger charge is -2.36. The van der Waals surface area contributed by atoms with Crippen molar-refractivity contribution >= 4 is 28.3 Å². The molecular formula is C27H27N3O4. The summed E-state index contributed by atoms with van der Waals surface area (Å²) in [6.07, 6.45) is 4.90. The van der Waals surface area contributed by atoms with Crippen molar-refractivity contribution in [3.8, 4) is 0 Å². The second-order valence-corrected chi connectivity index (χ2v) is 9.07. The molecule has 1 unspecified atom stereocenters. The molecule has 1 atom stereocenters. The van der Waals surface area contributed by atoms with Gasteiger partial charge in [-0.2, -0.15) is 0 Å². The molecule has 2 amide bonds. The van der Waals surface area contributed by atoms with Crippen LogP contribution in [0.1, 0.15) is 64.4 Å². The number of carbonyl (C=O) groups excluding carboxylic acids is 2. The minimum absolute atomic E-state index is 0.110. The molecule has 174 valence electrons.